The van der Waals surface area contributed by atoms with Gasteiger partial charge >= 0.3 is 0 Å². The summed E-state index contributed by atoms with van der Waals surface area (Å²) < 4.78 is 27.8. The predicted octanol–water partition coefficient (Wildman–Crippen LogP) is 3.52. The second kappa shape index (κ2) is 7.87. The summed E-state index contributed by atoms with van der Waals surface area (Å²) >= 11 is 0. The molecule has 0 saturated carbocycles. The molecule has 2 aromatic carbocycles. The molecule has 0 bridgehead atoms. The number of likely N-dealkylation sites (N-methyl/N-ethyl adjacent to an activating group) is 1. The summed E-state index contributed by atoms with van der Waals surface area (Å²) in [6.07, 6.45) is 3.26. The molecule has 0 aromatic heterocycles. The summed E-state index contributed by atoms with van der Waals surface area (Å²) in [5.74, 6) is -2.38. The molecular formula is C22H25F2N3O. The van der Waals surface area contributed by atoms with Crippen molar-refractivity contribution in [3.05, 3.63) is 64.7 Å². The van der Waals surface area contributed by atoms with Crippen LogP contribution in [0.25, 0.3) is 0 Å². The number of hydrogen-bond donors (Lipinski definition) is 1. The van der Waals surface area contributed by atoms with Crippen molar-refractivity contribution in [2.75, 3.05) is 38.1 Å². The number of fused-ring (bicyclic) bond motifs is 1. The average molecular weight is 385 g/mol. The molecule has 148 valence electrons. The highest BCUT2D eigenvalue weighted by Crippen LogP contribution is 2.32. The van der Waals surface area contributed by atoms with E-state index in [-0.39, 0.29) is 6.04 Å². The highest BCUT2D eigenvalue weighted by Gasteiger charge is 2.27. The Labute approximate surface area is 164 Å². The molecule has 2 aliphatic heterocycles. The van der Waals surface area contributed by atoms with Gasteiger partial charge in [0, 0.05) is 25.8 Å². The molecule has 2 heterocycles. The number of likely N-dealkylation sites (tertiary alicyclic amines) is 1. The Balaban J connectivity index is 1.55. The van der Waals surface area contributed by atoms with Gasteiger partial charge in [-0.2, -0.15) is 0 Å². The van der Waals surface area contributed by atoms with Gasteiger partial charge in [0.2, 0.25) is 0 Å². The van der Waals surface area contributed by atoms with Gasteiger partial charge in [-0.25, -0.2) is 8.78 Å². The minimum atomic E-state index is -0.837. The fraction of sp³-hybridized carbons (Fsp3) is 0.409. The quantitative estimate of drug-likeness (QED) is 0.855. The van der Waals surface area contributed by atoms with Crippen LogP contribution >= 0.6 is 0 Å². The fourth-order valence-electron chi connectivity index (χ4n) is 4.30. The smallest absolute Gasteiger partial charge is 0.257 e. The van der Waals surface area contributed by atoms with E-state index >= 15 is 0 Å². The molecule has 1 saturated heterocycles. The number of nitrogens with one attached hydrogen (secondary N) is 1. The Morgan fingerprint density at radius 3 is 2.54 bits per heavy atom. The SMILES string of the molecule is CN1CCc2cc([C@H](CNC(=O)c3c(F)cccc3F)N3CCCC3)ccc21. The maximum Gasteiger partial charge on any atom is 0.257 e. The normalized spacial score (nSPS) is 17.6. The van der Waals surface area contributed by atoms with Crippen molar-refractivity contribution in [2.24, 2.45) is 0 Å². The van der Waals surface area contributed by atoms with Gasteiger partial charge in [0.1, 0.15) is 17.2 Å². The first-order valence-corrected chi connectivity index (χ1v) is 9.85. The third kappa shape index (κ3) is 3.61. The second-order valence-electron chi connectivity index (χ2n) is 7.63. The molecule has 0 unspecified atom stereocenters. The van der Waals surface area contributed by atoms with E-state index < -0.39 is 23.1 Å². The molecule has 4 nitrogen and oxygen atoms in total. The zero-order valence-corrected chi connectivity index (χ0v) is 16.0. The van der Waals surface area contributed by atoms with Crippen LogP contribution in [0.1, 0.15) is 40.4 Å². The highest BCUT2D eigenvalue weighted by atomic mass is 19.1. The Morgan fingerprint density at radius 2 is 1.82 bits per heavy atom. The maximum atomic E-state index is 13.9. The average Bonchev–Trinajstić information content (AvgIpc) is 3.32. The summed E-state index contributed by atoms with van der Waals surface area (Å²) in [7, 11) is 2.09. The van der Waals surface area contributed by atoms with Crippen molar-refractivity contribution < 1.29 is 13.6 Å². The first-order valence-electron chi connectivity index (χ1n) is 9.85. The van der Waals surface area contributed by atoms with E-state index in [0.29, 0.717) is 6.54 Å². The molecule has 28 heavy (non-hydrogen) atoms. The summed E-state index contributed by atoms with van der Waals surface area (Å²) in [6, 6.07) is 9.93. The van der Waals surface area contributed by atoms with Crippen LogP contribution in [-0.4, -0.2) is 44.0 Å². The number of nitrogens with zero attached hydrogens (tertiary/aromatic N) is 2. The Hall–Kier alpha value is -2.47. The second-order valence-corrected chi connectivity index (χ2v) is 7.63. The standard InChI is InChI=1S/C22H25F2N3O/c1-26-12-9-16-13-15(7-8-19(16)26)20(27-10-2-3-11-27)14-25-22(28)21-17(23)5-4-6-18(21)24/h4-8,13,20H,2-3,9-12,14H2,1H3,(H,25,28)/t20-/m0/s1. The van der Waals surface area contributed by atoms with E-state index in [1.807, 2.05) is 0 Å². The first kappa shape index (κ1) is 18.9. The minimum absolute atomic E-state index is 0.00232. The molecule has 0 radical (unpaired) electrons. The maximum absolute atomic E-state index is 13.9. The van der Waals surface area contributed by atoms with E-state index in [1.54, 1.807) is 0 Å². The molecule has 0 spiro atoms. The molecule has 6 heteroatoms. The lowest BCUT2D eigenvalue weighted by Gasteiger charge is -2.29. The van der Waals surface area contributed by atoms with Crippen LogP contribution in [0.3, 0.4) is 0 Å². The van der Waals surface area contributed by atoms with E-state index in [4.69, 9.17) is 0 Å². The third-order valence-corrected chi connectivity index (χ3v) is 5.84. The zero-order valence-electron chi connectivity index (χ0n) is 16.0. The van der Waals surface area contributed by atoms with E-state index in [2.05, 4.69) is 40.4 Å². The molecule has 1 fully saturated rings. The van der Waals surface area contributed by atoms with Gasteiger partial charge in [0.05, 0.1) is 6.04 Å². The van der Waals surface area contributed by atoms with Crippen LogP contribution in [0, 0.1) is 11.6 Å². The number of carbonyl (C=O) groups is 1. The Kier molecular flexibility index (Phi) is 5.31. The number of carbonyl (C=O) groups excluding carboxylic acids is 1. The lowest BCUT2D eigenvalue weighted by Crippen LogP contribution is -2.37. The van der Waals surface area contributed by atoms with Gasteiger partial charge in [-0.1, -0.05) is 18.2 Å². The van der Waals surface area contributed by atoms with Crippen molar-refractivity contribution in [3.63, 3.8) is 0 Å². The molecule has 2 aliphatic rings. The number of rotatable bonds is 5. The number of halogens is 2. The number of anilines is 1. The molecule has 2 aromatic rings. The lowest BCUT2D eigenvalue weighted by molar-refractivity contribution is 0.0929. The topological polar surface area (TPSA) is 35.6 Å². The van der Waals surface area contributed by atoms with Crippen molar-refractivity contribution >= 4 is 11.6 Å². The van der Waals surface area contributed by atoms with E-state index in [1.165, 1.54) is 17.3 Å². The van der Waals surface area contributed by atoms with Crippen LogP contribution < -0.4 is 10.2 Å². The monoisotopic (exact) mass is 385 g/mol. The van der Waals surface area contributed by atoms with Crippen molar-refractivity contribution in [3.8, 4) is 0 Å². The largest absolute Gasteiger partial charge is 0.374 e. The van der Waals surface area contributed by atoms with Gasteiger partial charge in [0.15, 0.2) is 0 Å². The van der Waals surface area contributed by atoms with Gasteiger partial charge in [-0.15, -0.1) is 0 Å². The molecular weight excluding hydrogens is 360 g/mol. The molecule has 1 N–H and O–H groups in total. The Bertz CT molecular complexity index is 860. The third-order valence-electron chi connectivity index (χ3n) is 5.84. The summed E-state index contributed by atoms with van der Waals surface area (Å²) in [5.41, 5.74) is 3.19. The number of amides is 1. The predicted molar refractivity (Wildman–Crippen MR) is 106 cm³/mol. The van der Waals surface area contributed by atoms with Gasteiger partial charge in [0.25, 0.3) is 5.91 Å². The van der Waals surface area contributed by atoms with Crippen molar-refractivity contribution in [1.29, 1.82) is 0 Å². The van der Waals surface area contributed by atoms with Crippen LogP contribution in [-0.2, 0) is 6.42 Å². The summed E-state index contributed by atoms with van der Waals surface area (Å²) in [6.45, 7) is 3.26. The van der Waals surface area contributed by atoms with Gasteiger partial charge in [-0.3, -0.25) is 9.69 Å². The highest BCUT2D eigenvalue weighted by molar-refractivity contribution is 5.94. The number of benzene rings is 2. The van der Waals surface area contributed by atoms with Gasteiger partial charge in [-0.05, 0) is 61.7 Å². The summed E-state index contributed by atoms with van der Waals surface area (Å²) in [4.78, 5) is 17.0. The molecule has 0 aliphatic carbocycles. The molecule has 1 atom stereocenters. The van der Waals surface area contributed by atoms with E-state index in [0.717, 1.165) is 56.6 Å². The minimum Gasteiger partial charge on any atom is -0.374 e. The van der Waals surface area contributed by atoms with E-state index in [9.17, 15) is 13.6 Å². The first-order chi connectivity index (χ1) is 13.5. The van der Waals surface area contributed by atoms with Crippen LogP contribution in [0.15, 0.2) is 36.4 Å². The van der Waals surface area contributed by atoms with Crippen molar-refractivity contribution in [1.82, 2.24) is 10.2 Å². The number of hydrogen-bond acceptors (Lipinski definition) is 3. The molecule has 4 rings (SSSR count). The fourth-order valence-corrected chi connectivity index (χ4v) is 4.30. The lowest BCUT2D eigenvalue weighted by atomic mass is 10.0. The summed E-state index contributed by atoms with van der Waals surface area (Å²) in [5, 5.41) is 2.76. The van der Waals surface area contributed by atoms with Gasteiger partial charge < -0.3 is 10.2 Å². The molecule has 1 amide bonds. The van der Waals surface area contributed by atoms with Crippen molar-refractivity contribution in [2.45, 2.75) is 25.3 Å². The Morgan fingerprint density at radius 1 is 1.11 bits per heavy atom. The zero-order chi connectivity index (χ0) is 19.7. The van der Waals surface area contributed by atoms with Crippen LogP contribution in [0.4, 0.5) is 14.5 Å². The van der Waals surface area contributed by atoms with Crippen LogP contribution in [0.5, 0.6) is 0 Å². The van der Waals surface area contributed by atoms with Crippen LogP contribution in [0.2, 0.25) is 0 Å².